The molecule has 1 aromatic heterocycles. The van der Waals surface area contributed by atoms with Crippen molar-refractivity contribution >= 4 is 28.2 Å². The van der Waals surface area contributed by atoms with Crippen LogP contribution in [0.15, 0.2) is 0 Å². The van der Waals surface area contributed by atoms with Gasteiger partial charge >= 0.3 is 0 Å². The molecule has 1 unspecified atom stereocenters. The van der Waals surface area contributed by atoms with Crippen LogP contribution in [0, 0.1) is 0 Å². The molecule has 1 N–H and O–H groups in total. The molecule has 1 saturated heterocycles. The molecule has 1 aliphatic heterocycles. The zero-order chi connectivity index (χ0) is 14.4. The molecule has 1 fully saturated rings. The van der Waals surface area contributed by atoms with E-state index < -0.39 is 0 Å². The second-order valence-corrected chi connectivity index (χ2v) is 7.63. The molecule has 1 aromatic rings. The number of nitrogens with one attached hydrogen (secondary N) is 1. The van der Waals surface area contributed by atoms with Crippen LogP contribution in [0.25, 0.3) is 0 Å². The van der Waals surface area contributed by atoms with Crippen molar-refractivity contribution in [1.82, 2.24) is 10.3 Å². The third-order valence-corrected chi connectivity index (χ3v) is 6.05. The Bertz CT molecular complexity index is 400. The van der Waals surface area contributed by atoms with E-state index in [2.05, 4.69) is 42.9 Å². The molecule has 1 aliphatic rings. The first-order valence-electron chi connectivity index (χ1n) is 7.76. The Morgan fingerprint density at radius 2 is 2.20 bits per heavy atom. The van der Waals surface area contributed by atoms with E-state index in [9.17, 15) is 0 Å². The lowest BCUT2D eigenvalue weighted by atomic mass is 10.2. The molecule has 0 aromatic carbocycles. The van der Waals surface area contributed by atoms with Crippen LogP contribution < -0.4 is 10.2 Å². The summed E-state index contributed by atoms with van der Waals surface area (Å²) in [7, 11) is 2.22. The lowest BCUT2D eigenvalue weighted by Crippen LogP contribution is -2.31. The molecule has 3 nitrogen and oxygen atoms in total. The van der Waals surface area contributed by atoms with Crippen LogP contribution in [-0.2, 0) is 13.0 Å². The largest absolute Gasteiger partial charge is 0.347 e. The molecule has 1 atom stereocenters. The minimum absolute atomic E-state index is 0.678. The molecule has 0 bridgehead atoms. The number of nitrogens with zero attached hydrogens (tertiary/aromatic N) is 2. The molecule has 0 amide bonds. The van der Waals surface area contributed by atoms with E-state index in [1.807, 2.05) is 11.3 Å². The minimum atomic E-state index is 0.678. The normalized spacial score (nSPS) is 18.6. The molecule has 114 valence electrons. The summed E-state index contributed by atoms with van der Waals surface area (Å²) in [6.45, 7) is 6.52. The van der Waals surface area contributed by atoms with Gasteiger partial charge in [-0.3, -0.25) is 0 Å². The summed E-state index contributed by atoms with van der Waals surface area (Å²) < 4.78 is 0. The maximum atomic E-state index is 4.92. The van der Waals surface area contributed by atoms with Crippen LogP contribution in [0.4, 0.5) is 5.13 Å². The summed E-state index contributed by atoms with van der Waals surface area (Å²) >= 11 is 3.95. The van der Waals surface area contributed by atoms with Gasteiger partial charge in [-0.25, -0.2) is 4.98 Å². The predicted octanol–water partition coefficient (Wildman–Crippen LogP) is 3.54. The number of thiazole rings is 1. The lowest BCUT2D eigenvalue weighted by molar-refractivity contribution is 0.674. The number of hydrogen-bond acceptors (Lipinski definition) is 5. The van der Waals surface area contributed by atoms with E-state index in [-0.39, 0.29) is 0 Å². The first-order chi connectivity index (χ1) is 9.76. The minimum Gasteiger partial charge on any atom is -0.347 e. The molecule has 2 rings (SSSR count). The predicted molar refractivity (Wildman–Crippen MR) is 92.2 cm³/mol. The number of aromatic nitrogens is 1. The monoisotopic (exact) mass is 313 g/mol. The summed E-state index contributed by atoms with van der Waals surface area (Å²) in [4.78, 5) is 8.77. The second-order valence-electron chi connectivity index (χ2n) is 5.42. The fraction of sp³-hybridized carbons (Fsp3) is 0.800. The number of thioether (sulfide) groups is 1. The van der Waals surface area contributed by atoms with Crippen LogP contribution in [0.3, 0.4) is 0 Å². The quantitative estimate of drug-likeness (QED) is 0.743. The Hall–Kier alpha value is -0.260. The Morgan fingerprint density at radius 1 is 1.35 bits per heavy atom. The highest BCUT2D eigenvalue weighted by Crippen LogP contribution is 2.31. The zero-order valence-electron chi connectivity index (χ0n) is 12.9. The van der Waals surface area contributed by atoms with Gasteiger partial charge in [0.25, 0.3) is 0 Å². The molecule has 0 spiro atoms. The summed E-state index contributed by atoms with van der Waals surface area (Å²) in [5.74, 6) is 2.55. The van der Waals surface area contributed by atoms with E-state index in [1.165, 1.54) is 46.5 Å². The molecular weight excluding hydrogens is 286 g/mol. The van der Waals surface area contributed by atoms with Crippen molar-refractivity contribution in [2.45, 2.75) is 52.1 Å². The van der Waals surface area contributed by atoms with Gasteiger partial charge in [0.15, 0.2) is 5.13 Å². The maximum absolute atomic E-state index is 4.92. The standard InChI is InChI=1S/C15H27N3S2/c1-4-6-13-14(10-16-8-5-2)20-15(17-13)18(3)12-7-9-19-11-12/h12,16H,4-11H2,1-3H3. The molecular formula is C15H27N3S2. The van der Waals surface area contributed by atoms with E-state index in [4.69, 9.17) is 4.98 Å². The molecule has 0 radical (unpaired) electrons. The zero-order valence-corrected chi connectivity index (χ0v) is 14.6. The van der Waals surface area contributed by atoms with Gasteiger partial charge in [-0.2, -0.15) is 11.8 Å². The molecule has 20 heavy (non-hydrogen) atoms. The van der Waals surface area contributed by atoms with Gasteiger partial charge in [0.1, 0.15) is 0 Å². The fourth-order valence-corrected chi connectivity index (χ4v) is 4.83. The Labute approximate surface area is 131 Å². The molecule has 2 heterocycles. The van der Waals surface area contributed by atoms with Crippen molar-refractivity contribution < 1.29 is 0 Å². The fourth-order valence-electron chi connectivity index (χ4n) is 2.45. The Kier molecular flexibility index (Phi) is 6.65. The highest BCUT2D eigenvalue weighted by Gasteiger charge is 2.23. The SMILES string of the molecule is CCCNCc1sc(N(C)C2CCSC2)nc1CCC. The highest BCUT2D eigenvalue weighted by atomic mass is 32.2. The molecule has 0 aliphatic carbocycles. The van der Waals surface area contributed by atoms with Crippen molar-refractivity contribution in [1.29, 1.82) is 0 Å². The third kappa shape index (κ3) is 4.12. The smallest absolute Gasteiger partial charge is 0.185 e. The van der Waals surface area contributed by atoms with E-state index in [1.54, 1.807) is 0 Å². The highest BCUT2D eigenvalue weighted by molar-refractivity contribution is 7.99. The van der Waals surface area contributed by atoms with Crippen LogP contribution in [0.1, 0.15) is 43.7 Å². The van der Waals surface area contributed by atoms with E-state index in [0.717, 1.165) is 19.5 Å². The second kappa shape index (κ2) is 8.25. The van der Waals surface area contributed by atoms with Gasteiger partial charge in [0.2, 0.25) is 0 Å². The molecule has 0 saturated carbocycles. The van der Waals surface area contributed by atoms with Crippen molar-refractivity contribution in [2.24, 2.45) is 0 Å². The number of anilines is 1. The first-order valence-corrected chi connectivity index (χ1v) is 9.73. The topological polar surface area (TPSA) is 28.2 Å². The van der Waals surface area contributed by atoms with Gasteiger partial charge < -0.3 is 10.2 Å². The summed E-state index contributed by atoms with van der Waals surface area (Å²) in [5.41, 5.74) is 1.31. The van der Waals surface area contributed by atoms with Crippen LogP contribution in [0.2, 0.25) is 0 Å². The number of rotatable bonds is 8. The Morgan fingerprint density at radius 3 is 2.85 bits per heavy atom. The van der Waals surface area contributed by atoms with Gasteiger partial charge in [0, 0.05) is 30.3 Å². The van der Waals surface area contributed by atoms with Gasteiger partial charge in [0.05, 0.1) is 5.69 Å². The van der Waals surface area contributed by atoms with Crippen molar-refractivity contribution in [3.8, 4) is 0 Å². The van der Waals surface area contributed by atoms with Gasteiger partial charge in [-0.05, 0) is 31.6 Å². The maximum Gasteiger partial charge on any atom is 0.185 e. The van der Waals surface area contributed by atoms with Gasteiger partial charge in [-0.15, -0.1) is 11.3 Å². The van der Waals surface area contributed by atoms with Crippen molar-refractivity contribution in [2.75, 3.05) is 30.0 Å². The molecule has 5 heteroatoms. The number of aryl methyl sites for hydroxylation is 1. The Balaban J connectivity index is 2.06. The van der Waals surface area contributed by atoms with Crippen LogP contribution in [-0.4, -0.2) is 36.1 Å². The van der Waals surface area contributed by atoms with Crippen LogP contribution in [0.5, 0.6) is 0 Å². The first kappa shape index (κ1) is 16.1. The summed E-state index contributed by atoms with van der Waals surface area (Å²) in [5, 5.41) is 4.74. The van der Waals surface area contributed by atoms with Crippen molar-refractivity contribution in [3.05, 3.63) is 10.6 Å². The lowest BCUT2D eigenvalue weighted by Gasteiger charge is -2.22. The van der Waals surface area contributed by atoms with E-state index >= 15 is 0 Å². The summed E-state index contributed by atoms with van der Waals surface area (Å²) in [6, 6.07) is 0.678. The van der Waals surface area contributed by atoms with Crippen molar-refractivity contribution in [3.63, 3.8) is 0 Å². The van der Waals surface area contributed by atoms with Gasteiger partial charge in [-0.1, -0.05) is 20.3 Å². The van der Waals surface area contributed by atoms with Crippen LogP contribution >= 0.6 is 23.1 Å². The summed E-state index contributed by atoms with van der Waals surface area (Å²) in [6.07, 6.45) is 4.76. The average molecular weight is 314 g/mol. The van der Waals surface area contributed by atoms with E-state index in [0.29, 0.717) is 6.04 Å². The third-order valence-electron chi connectivity index (χ3n) is 3.72. The average Bonchev–Trinajstić information content (AvgIpc) is 3.09. The number of hydrogen-bond donors (Lipinski definition) is 1.